The Hall–Kier alpha value is -2.25. The maximum atomic E-state index is 10.8. The minimum atomic E-state index is -1.47. The first kappa shape index (κ1) is 32.0. The van der Waals surface area contributed by atoms with Crippen LogP contribution in [0.2, 0.25) is 0 Å². The maximum Gasteiger partial charge on any atom is 1.00 e. The molecule has 9 heteroatoms. The van der Waals surface area contributed by atoms with E-state index in [0.29, 0.717) is 16.7 Å². The number of hydrogen-bond acceptors (Lipinski definition) is 6. The largest absolute Gasteiger partial charge is 1.00 e. The number of carboxylic acid groups (broad SMARTS) is 3. The predicted molar refractivity (Wildman–Crippen MR) is 117 cm³/mol. The molecule has 0 amide bonds. The van der Waals surface area contributed by atoms with Gasteiger partial charge < -0.3 is 29.7 Å². The summed E-state index contributed by atoms with van der Waals surface area (Å²) in [4.78, 5) is 32.4. The van der Waals surface area contributed by atoms with Crippen molar-refractivity contribution in [3.8, 4) is 35.5 Å². The van der Waals surface area contributed by atoms with Gasteiger partial charge >= 0.3 is 88.7 Å². The molecule has 0 fully saturated rings. The molecule has 0 heterocycles. The van der Waals surface area contributed by atoms with E-state index >= 15 is 0 Å². The second-order valence-electron chi connectivity index (χ2n) is 8.01. The van der Waals surface area contributed by atoms with Crippen molar-refractivity contribution in [2.45, 2.75) is 11.8 Å². The van der Waals surface area contributed by atoms with Crippen LogP contribution in [0.1, 0.15) is 61.9 Å². The van der Waals surface area contributed by atoms with Crippen LogP contribution in [-0.2, 0) is 14.4 Å². The molecule has 0 saturated heterocycles. The van der Waals surface area contributed by atoms with E-state index in [0.717, 1.165) is 33.4 Å². The molecule has 38 heavy (non-hydrogen) atoms. The fourth-order valence-electron chi connectivity index (χ4n) is 4.87. The average molecular weight is 524 g/mol. The molecule has 6 rings (SSSR count). The van der Waals surface area contributed by atoms with Crippen molar-refractivity contribution in [2.24, 2.45) is 0 Å². The number of carbonyl (C=O) groups excluding carboxylic acids is 3. The molecule has 6 nitrogen and oxygen atoms in total. The summed E-state index contributed by atoms with van der Waals surface area (Å²) < 4.78 is 0. The number of hydrogen-bond donors (Lipinski definition) is 0. The van der Waals surface area contributed by atoms with Crippen molar-refractivity contribution in [1.82, 2.24) is 0 Å². The Labute approximate surface area is 285 Å². The second kappa shape index (κ2) is 13.2. The van der Waals surface area contributed by atoms with Gasteiger partial charge in [-0.3, -0.25) is 0 Å². The Morgan fingerprint density at radius 3 is 1.00 bits per heavy atom. The molecule has 3 aliphatic carbocycles. The van der Waals surface area contributed by atoms with Crippen LogP contribution in [0.25, 0.3) is 0 Å². The first-order valence-electron chi connectivity index (χ1n) is 10.4. The maximum absolute atomic E-state index is 10.8. The molecule has 0 spiro atoms. The van der Waals surface area contributed by atoms with Gasteiger partial charge in [0.15, 0.2) is 0 Å². The zero-order valence-electron chi connectivity index (χ0n) is 20.8. The minimum absolute atomic E-state index is 0. The van der Waals surface area contributed by atoms with Crippen molar-refractivity contribution in [3.63, 3.8) is 0 Å². The third kappa shape index (κ3) is 6.31. The zero-order valence-corrected chi connectivity index (χ0v) is 26.8. The van der Waals surface area contributed by atoms with Gasteiger partial charge in [-0.1, -0.05) is 36.0 Å². The van der Waals surface area contributed by atoms with Crippen molar-refractivity contribution < 1.29 is 118 Å². The summed E-state index contributed by atoms with van der Waals surface area (Å²) in [5.74, 6) is 9.02. The van der Waals surface area contributed by atoms with Gasteiger partial charge in [0.25, 0.3) is 0 Å². The van der Waals surface area contributed by atoms with Crippen molar-refractivity contribution in [2.75, 3.05) is 0 Å². The van der Waals surface area contributed by atoms with E-state index < -0.39 is 17.9 Å². The van der Waals surface area contributed by atoms with Crippen LogP contribution in [-0.4, -0.2) is 17.9 Å². The third-order valence-electron chi connectivity index (χ3n) is 6.05. The van der Waals surface area contributed by atoms with Crippen LogP contribution in [0.5, 0.6) is 0 Å². The van der Waals surface area contributed by atoms with E-state index in [9.17, 15) is 29.7 Å². The number of carboxylic acids is 3. The summed E-state index contributed by atoms with van der Waals surface area (Å²) in [6, 6.07) is 16.5. The Bertz CT molecular complexity index is 1590. The normalized spacial score (nSPS) is 14.2. The predicted octanol–water partition coefficient (Wildman–Crippen LogP) is -10.0. The first-order chi connectivity index (χ1) is 16.8. The van der Waals surface area contributed by atoms with Gasteiger partial charge in [0, 0.05) is 28.5 Å². The zero-order chi connectivity index (χ0) is 24.7. The Morgan fingerprint density at radius 2 is 0.737 bits per heavy atom. The summed E-state index contributed by atoms with van der Waals surface area (Å²) >= 11 is 0. The van der Waals surface area contributed by atoms with Gasteiger partial charge in [0.1, 0.15) is 17.9 Å². The molecular formula is C29H11Na3O6. The van der Waals surface area contributed by atoms with Gasteiger partial charge in [0.2, 0.25) is 0 Å². The summed E-state index contributed by atoms with van der Waals surface area (Å²) in [5.41, 5.74) is 7.43. The van der Waals surface area contributed by atoms with Gasteiger partial charge in [0.05, 0.1) is 0 Å². The minimum Gasteiger partial charge on any atom is -0.537 e. The van der Waals surface area contributed by atoms with Crippen LogP contribution in [0.4, 0.5) is 0 Å². The number of aliphatic carboxylic acids is 3. The van der Waals surface area contributed by atoms with Crippen LogP contribution >= 0.6 is 0 Å². The van der Waals surface area contributed by atoms with E-state index in [4.69, 9.17) is 0 Å². The van der Waals surface area contributed by atoms with Gasteiger partial charge in [-0.05, 0) is 87.5 Å². The number of benzene rings is 3. The number of carbonyl (C=O) groups is 3. The Kier molecular flexibility index (Phi) is 11.1. The SMILES string of the molecule is O=C([O-])C#Cc1ccc2c(c1)C1c3ccc(C#CC(=O)[O-])cc3C2c2cc(C#CC(=O)[O-])ccc21.[Na+].[Na+].[Na+]. The molecule has 0 N–H and O–H groups in total. The Balaban J connectivity index is 0.00000169. The van der Waals surface area contributed by atoms with Gasteiger partial charge in [-0.15, -0.1) is 0 Å². The standard InChI is InChI=1S/C29H14O6.3Na/c30-25(31)10-4-16-3-9-21-22(13-16)28-19-7-1-17(5-11-26(32)33)14-23(19)29(21)24-15-18(2-8-20(24)28)6-12-27(34)35;;;/h1-3,7-9,13-15,28-29H,(H,30,31)(H,32,33)(H,34,35);;;/q;3*+1/p-3. The van der Waals surface area contributed by atoms with Crippen molar-refractivity contribution in [1.29, 1.82) is 0 Å². The molecule has 2 bridgehead atoms. The summed E-state index contributed by atoms with van der Waals surface area (Å²) in [6.07, 6.45) is 0. The van der Waals surface area contributed by atoms with E-state index in [-0.39, 0.29) is 101 Å². The van der Waals surface area contributed by atoms with Crippen LogP contribution in [0, 0.1) is 35.5 Å². The molecule has 0 unspecified atom stereocenters. The van der Waals surface area contributed by atoms with E-state index in [1.807, 2.05) is 54.2 Å². The topological polar surface area (TPSA) is 120 Å². The van der Waals surface area contributed by atoms with Crippen molar-refractivity contribution in [3.05, 3.63) is 105 Å². The molecule has 3 aromatic carbocycles. The molecule has 0 radical (unpaired) electrons. The average Bonchev–Trinajstić information content (AvgIpc) is 2.84. The molecule has 3 aromatic rings. The third-order valence-corrected chi connectivity index (χ3v) is 6.05. The molecule has 0 aliphatic heterocycles. The first-order valence-corrected chi connectivity index (χ1v) is 10.4. The molecule has 166 valence electrons. The quantitative estimate of drug-likeness (QED) is 0.147. The van der Waals surface area contributed by atoms with Gasteiger partial charge in [-0.2, -0.15) is 0 Å². The van der Waals surface area contributed by atoms with Crippen molar-refractivity contribution >= 4 is 17.9 Å². The van der Waals surface area contributed by atoms with E-state index in [2.05, 4.69) is 17.8 Å². The molecular weight excluding hydrogens is 513 g/mol. The summed E-state index contributed by atoms with van der Waals surface area (Å²) in [7, 11) is 0. The van der Waals surface area contributed by atoms with E-state index in [1.165, 1.54) is 0 Å². The Morgan fingerprint density at radius 1 is 0.474 bits per heavy atom. The molecule has 3 aliphatic rings. The number of rotatable bonds is 0. The molecule has 0 saturated carbocycles. The second-order valence-corrected chi connectivity index (χ2v) is 8.01. The summed E-state index contributed by atoms with van der Waals surface area (Å²) in [6.45, 7) is 0. The van der Waals surface area contributed by atoms with E-state index in [1.54, 1.807) is 18.2 Å². The monoisotopic (exact) mass is 524 g/mol. The summed E-state index contributed by atoms with van der Waals surface area (Å²) in [5, 5.41) is 32.4. The smallest absolute Gasteiger partial charge is 0.537 e. The fourth-order valence-corrected chi connectivity index (χ4v) is 4.87. The van der Waals surface area contributed by atoms with Gasteiger partial charge in [-0.25, -0.2) is 0 Å². The molecule has 0 atom stereocenters. The van der Waals surface area contributed by atoms with Crippen LogP contribution in [0.15, 0.2) is 54.6 Å². The van der Waals surface area contributed by atoms with Crippen LogP contribution in [0.3, 0.4) is 0 Å². The van der Waals surface area contributed by atoms with Crippen LogP contribution < -0.4 is 104 Å². The fraction of sp³-hybridized carbons (Fsp3) is 0.0690. The molecule has 0 aromatic heterocycles.